The van der Waals surface area contributed by atoms with Crippen molar-refractivity contribution in [1.29, 1.82) is 0 Å². The summed E-state index contributed by atoms with van der Waals surface area (Å²) in [5.41, 5.74) is 0.0331. The van der Waals surface area contributed by atoms with Crippen LogP contribution in [0.4, 0.5) is 13.2 Å². The number of hydrogen-bond donors (Lipinski definition) is 0. The van der Waals surface area contributed by atoms with Gasteiger partial charge in [0.25, 0.3) is 0 Å². The molecule has 0 N–H and O–H groups in total. The molecule has 0 aliphatic carbocycles. The van der Waals surface area contributed by atoms with Crippen molar-refractivity contribution in [1.82, 2.24) is 9.80 Å². The van der Waals surface area contributed by atoms with Gasteiger partial charge in [0.1, 0.15) is 0 Å². The fourth-order valence-corrected chi connectivity index (χ4v) is 4.07. The Hall–Kier alpha value is -0.780. The zero-order valence-corrected chi connectivity index (χ0v) is 17.1. The first-order chi connectivity index (χ1) is 11.8. The highest BCUT2D eigenvalue weighted by atomic mass is 35.5. The van der Waals surface area contributed by atoms with Crippen molar-refractivity contribution < 1.29 is 13.2 Å². The predicted molar refractivity (Wildman–Crippen MR) is 102 cm³/mol. The van der Waals surface area contributed by atoms with Crippen LogP contribution in [0.15, 0.2) is 18.2 Å². The van der Waals surface area contributed by atoms with Crippen LogP contribution in [0, 0.1) is 0 Å². The maximum Gasteiger partial charge on any atom is 0.416 e. The van der Waals surface area contributed by atoms with Gasteiger partial charge in [-0.3, -0.25) is 4.90 Å². The molecule has 26 heavy (non-hydrogen) atoms. The lowest BCUT2D eigenvalue weighted by Gasteiger charge is -2.51. The van der Waals surface area contributed by atoms with Gasteiger partial charge >= 0.3 is 6.18 Å². The highest BCUT2D eigenvalue weighted by Crippen LogP contribution is 2.36. The minimum Gasteiger partial charge on any atom is -0.302 e. The van der Waals surface area contributed by atoms with Crippen LogP contribution < -0.4 is 0 Å². The number of likely N-dealkylation sites (tertiary alicyclic amines) is 1. The minimum atomic E-state index is -4.37. The van der Waals surface area contributed by atoms with Crippen LogP contribution in [0.25, 0.3) is 0 Å². The molecule has 0 bridgehead atoms. The summed E-state index contributed by atoms with van der Waals surface area (Å²) in [4.78, 5) is 4.73. The van der Waals surface area contributed by atoms with E-state index in [1.807, 2.05) is 0 Å². The number of piperidine rings is 1. The van der Waals surface area contributed by atoms with Gasteiger partial charge in [-0.15, -0.1) is 0 Å². The smallest absolute Gasteiger partial charge is 0.302 e. The van der Waals surface area contributed by atoms with E-state index in [-0.39, 0.29) is 16.1 Å². The summed E-state index contributed by atoms with van der Waals surface area (Å²) in [5.74, 6) is 0. The van der Waals surface area contributed by atoms with E-state index in [9.17, 15) is 13.2 Å². The molecule has 6 heteroatoms. The van der Waals surface area contributed by atoms with Crippen LogP contribution in [0.1, 0.15) is 51.2 Å². The van der Waals surface area contributed by atoms with E-state index in [1.54, 1.807) is 6.07 Å². The average molecular weight is 391 g/mol. The van der Waals surface area contributed by atoms with E-state index in [4.69, 9.17) is 11.6 Å². The Labute approximate surface area is 160 Å². The van der Waals surface area contributed by atoms with Crippen molar-refractivity contribution in [2.75, 3.05) is 27.2 Å². The second kappa shape index (κ2) is 7.69. The molecule has 1 aliphatic rings. The lowest BCUT2D eigenvalue weighted by molar-refractivity contribution is -0.137. The molecule has 0 aromatic heterocycles. The van der Waals surface area contributed by atoms with Gasteiger partial charge in [0.2, 0.25) is 0 Å². The number of likely N-dealkylation sites (N-methyl/N-ethyl adjacent to an activating group) is 1. The maximum atomic E-state index is 13.1. The lowest BCUT2D eigenvalue weighted by Crippen LogP contribution is -2.60. The number of benzene rings is 1. The van der Waals surface area contributed by atoms with Crippen LogP contribution in [0.2, 0.25) is 5.02 Å². The largest absolute Gasteiger partial charge is 0.416 e. The Bertz CT molecular complexity index is 622. The third kappa shape index (κ3) is 5.14. The van der Waals surface area contributed by atoms with Gasteiger partial charge in [-0.2, -0.15) is 13.2 Å². The fraction of sp³-hybridized carbons (Fsp3) is 0.700. The van der Waals surface area contributed by atoms with Crippen molar-refractivity contribution in [3.8, 4) is 0 Å². The van der Waals surface area contributed by atoms with Gasteiger partial charge in [0.15, 0.2) is 0 Å². The van der Waals surface area contributed by atoms with Crippen molar-refractivity contribution in [2.45, 2.75) is 63.7 Å². The molecule has 1 aromatic carbocycles. The van der Waals surface area contributed by atoms with Crippen LogP contribution in [-0.4, -0.2) is 48.1 Å². The second-order valence-electron chi connectivity index (χ2n) is 8.66. The molecule has 2 rings (SSSR count). The molecule has 1 heterocycles. The Balaban J connectivity index is 2.20. The summed E-state index contributed by atoms with van der Waals surface area (Å²) in [6.07, 6.45) is -0.825. The Morgan fingerprint density at radius 3 is 2.35 bits per heavy atom. The van der Waals surface area contributed by atoms with Gasteiger partial charge in [-0.05, 0) is 90.9 Å². The molecule has 0 amide bonds. The van der Waals surface area contributed by atoms with E-state index in [1.165, 1.54) is 6.07 Å². The van der Waals surface area contributed by atoms with Crippen molar-refractivity contribution in [3.63, 3.8) is 0 Å². The van der Waals surface area contributed by atoms with Crippen LogP contribution in [0.5, 0.6) is 0 Å². The second-order valence-corrected chi connectivity index (χ2v) is 9.10. The molecular weight excluding hydrogens is 361 g/mol. The van der Waals surface area contributed by atoms with Crippen LogP contribution >= 0.6 is 11.6 Å². The normalized spacial score (nSPS) is 22.8. The number of halogens is 4. The Morgan fingerprint density at radius 1 is 1.15 bits per heavy atom. The minimum absolute atomic E-state index is 0.0355. The molecular formula is C20H30ClF3N2. The van der Waals surface area contributed by atoms with Gasteiger partial charge in [-0.25, -0.2) is 0 Å². The molecule has 1 aromatic rings. The summed E-state index contributed by atoms with van der Waals surface area (Å²) < 4.78 is 39.2. The molecule has 0 spiro atoms. The molecule has 0 saturated carbocycles. The Morgan fingerprint density at radius 2 is 1.81 bits per heavy atom. The predicted octanol–water partition coefficient (Wildman–Crippen LogP) is 5.49. The van der Waals surface area contributed by atoms with Gasteiger partial charge in [0, 0.05) is 22.6 Å². The highest BCUT2D eigenvalue weighted by Gasteiger charge is 2.40. The Kier molecular flexibility index (Phi) is 6.36. The lowest BCUT2D eigenvalue weighted by atomic mass is 9.81. The molecule has 1 aliphatic heterocycles. The number of nitrogens with zero attached hydrogens (tertiary/aromatic N) is 2. The first-order valence-electron chi connectivity index (χ1n) is 9.13. The van der Waals surface area contributed by atoms with E-state index >= 15 is 0 Å². The number of alkyl halides is 3. The summed E-state index contributed by atoms with van der Waals surface area (Å²) in [6.45, 7) is 8.63. The van der Waals surface area contributed by atoms with E-state index < -0.39 is 11.7 Å². The zero-order chi connectivity index (χ0) is 19.8. The number of aryl methyl sites for hydroxylation is 1. The maximum absolute atomic E-state index is 13.1. The van der Waals surface area contributed by atoms with E-state index in [2.05, 4.69) is 44.7 Å². The first kappa shape index (κ1) is 21.5. The SMILES string of the molecule is CN(C)[C@@]1(CCc2cc(Cl)cc(C(F)(F)F)c2)CCCN(C(C)(C)C)C1. The standard InChI is InChI=1S/C20H30ClF3N2/c1-18(2,3)26-10-6-8-19(14-26,25(4)5)9-7-15-11-16(20(22,23)24)13-17(21)12-15/h11-13H,6-10,14H2,1-5H3/t19-/m1/s1. The molecule has 0 unspecified atom stereocenters. The van der Waals surface area contributed by atoms with E-state index in [0.29, 0.717) is 12.0 Å². The summed E-state index contributed by atoms with van der Waals surface area (Å²) >= 11 is 5.94. The highest BCUT2D eigenvalue weighted by molar-refractivity contribution is 6.30. The van der Waals surface area contributed by atoms with Gasteiger partial charge in [0.05, 0.1) is 5.56 Å². The van der Waals surface area contributed by atoms with Crippen LogP contribution in [-0.2, 0) is 12.6 Å². The summed E-state index contributed by atoms with van der Waals surface area (Å²) in [6, 6.07) is 3.89. The first-order valence-corrected chi connectivity index (χ1v) is 9.50. The molecule has 1 fully saturated rings. The third-order valence-corrected chi connectivity index (χ3v) is 5.83. The molecule has 1 atom stereocenters. The topological polar surface area (TPSA) is 6.48 Å². The van der Waals surface area contributed by atoms with Crippen LogP contribution in [0.3, 0.4) is 0 Å². The number of hydrogen-bond acceptors (Lipinski definition) is 2. The van der Waals surface area contributed by atoms with Crippen molar-refractivity contribution in [3.05, 3.63) is 34.3 Å². The quantitative estimate of drug-likeness (QED) is 0.671. The number of rotatable bonds is 4. The van der Waals surface area contributed by atoms with Gasteiger partial charge in [-0.1, -0.05) is 11.6 Å². The van der Waals surface area contributed by atoms with Crippen molar-refractivity contribution >= 4 is 11.6 Å². The zero-order valence-electron chi connectivity index (χ0n) is 16.4. The fourth-order valence-electron chi connectivity index (χ4n) is 3.81. The third-order valence-electron chi connectivity index (χ3n) is 5.62. The molecule has 148 valence electrons. The summed E-state index contributed by atoms with van der Waals surface area (Å²) in [7, 11) is 4.15. The van der Waals surface area contributed by atoms with Gasteiger partial charge < -0.3 is 4.90 Å². The molecule has 1 saturated heterocycles. The van der Waals surface area contributed by atoms with Crippen molar-refractivity contribution in [2.24, 2.45) is 0 Å². The molecule has 0 radical (unpaired) electrons. The average Bonchev–Trinajstić information content (AvgIpc) is 2.51. The van der Waals surface area contributed by atoms with E-state index in [0.717, 1.165) is 38.4 Å². The summed E-state index contributed by atoms with van der Waals surface area (Å²) in [5, 5.41) is 0.147. The molecule has 2 nitrogen and oxygen atoms in total. The monoisotopic (exact) mass is 390 g/mol.